The van der Waals surface area contributed by atoms with E-state index in [0.717, 1.165) is 47.2 Å². The average molecular weight is 1410 g/mol. The number of para-hydroxylation sites is 1. The number of primary amides is 1. The van der Waals surface area contributed by atoms with Crippen LogP contribution in [0.25, 0.3) is 5.57 Å². The molecule has 0 saturated carbocycles. The number of benzene rings is 3. The molecule has 0 spiro atoms. The molecule has 0 aliphatic carbocycles. The molecule has 28 heteroatoms. The maximum absolute atomic E-state index is 16.3. The van der Waals surface area contributed by atoms with Crippen LogP contribution in [0, 0.1) is 16.2 Å². The van der Waals surface area contributed by atoms with Crippen molar-refractivity contribution in [3.8, 4) is 0 Å². The largest absolute Gasteiger partial charge is 0.438 e. The third-order valence-corrected chi connectivity index (χ3v) is 18.8. The van der Waals surface area contributed by atoms with Crippen molar-refractivity contribution in [2.24, 2.45) is 22.0 Å². The number of esters is 2. The van der Waals surface area contributed by atoms with Crippen molar-refractivity contribution in [3.63, 3.8) is 0 Å². The fraction of sp³-hybridized carbons (Fsp3) is 0.606. The number of allylic oxidation sites excluding steroid dienone is 1. The van der Waals surface area contributed by atoms with Crippen molar-refractivity contribution < 1.29 is 99.0 Å². The molecule has 6 amide bonds. The van der Waals surface area contributed by atoms with E-state index < -0.39 is 127 Å². The fourth-order valence-electron chi connectivity index (χ4n) is 11.2. The molecule has 25 nitrogen and oxygen atoms in total. The quantitative estimate of drug-likeness (QED) is 0.0121. The second-order valence-electron chi connectivity index (χ2n) is 28.3. The number of nitrogens with two attached hydrogens (primary N) is 1. The number of rotatable bonds is 37. The molecule has 7 atom stereocenters. The lowest BCUT2D eigenvalue weighted by atomic mass is 9.85. The Labute approximate surface area is 579 Å². The van der Waals surface area contributed by atoms with E-state index in [9.17, 15) is 48.0 Å². The van der Waals surface area contributed by atoms with E-state index in [1.165, 1.54) is 64.7 Å². The van der Waals surface area contributed by atoms with Gasteiger partial charge in [0.25, 0.3) is 0 Å². The minimum Gasteiger partial charge on any atom is -0.438 e. The highest BCUT2D eigenvalue weighted by Gasteiger charge is 2.56. The molecule has 3 heterocycles. The summed E-state index contributed by atoms with van der Waals surface area (Å²) in [5.41, 5.74) is 2.41. The van der Waals surface area contributed by atoms with Crippen LogP contribution in [0.2, 0.25) is 0 Å². The van der Waals surface area contributed by atoms with Gasteiger partial charge in [0.15, 0.2) is 0 Å². The van der Waals surface area contributed by atoms with Crippen molar-refractivity contribution in [1.82, 2.24) is 20.9 Å². The predicted octanol–water partition coefficient (Wildman–Crippen LogP) is 7.72. The van der Waals surface area contributed by atoms with E-state index in [1.54, 1.807) is 18.7 Å². The zero-order chi connectivity index (χ0) is 73.0. The number of alkyl halides is 2. The van der Waals surface area contributed by atoms with Gasteiger partial charge in [-0.2, -0.15) is 8.78 Å². The smallest absolute Gasteiger partial charge is 0.410 e. The summed E-state index contributed by atoms with van der Waals surface area (Å²) in [4.78, 5) is 109. The van der Waals surface area contributed by atoms with Gasteiger partial charge in [-0.1, -0.05) is 87.5 Å². The van der Waals surface area contributed by atoms with Gasteiger partial charge in [0.1, 0.15) is 24.7 Å². The molecule has 548 valence electrons. The number of aliphatic hydroxyl groups excluding tert-OH is 1. The maximum Gasteiger partial charge on any atom is 0.410 e. The molecular formula is C71H101F2N6O19P. The second-order valence-corrected chi connectivity index (χ2v) is 30.4. The molecule has 3 aromatic rings. The van der Waals surface area contributed by atoms with Crippen molar-refractivity contribution in [1.29, 1.82) is 0 Å². The molecule has 0 radical (unpaired) electrons. The van der Waals surface area contributed by atoms with Crippen LogP contribution in [-0.4, -0.2) is 173 Å². The van der Waals surface area contributed by atoms with E-state index >= 15 is 8.78 Å². The van der Waals surface area contributed by atoms with Gasteiger partial charge in [-0.3, -0.25) is 56.9 Å². The van der Waals surface area contributed by atoms with Gasteiger partial charge in [-0.15, -0.1) is 0 Å². The first-order valence-corrected chi connectivity index (χ1v) is 35.1. The lowest BCUT2D eigenvalue weighted by molar-refractivity contribution is -0.163. The maximum atomic E-state index is 16.3. The summed E-state index contributed by atoms with van der Waals surface area (Å²) >= 11 is 0. The number of amides is 6. The molecule has 1 saturated heterocycles. The van der Waals surface area contributed by atoms with Crippen molar-refractivity contribution >= 4 is 66.2 Å². The van der Waals surface area contributed by atoms with E-state index in [-0.39, 0.29) is 70.6 Å². The topological polar surface area (TPSA) is 326 Å². The molecule has 0 aromatic heterocycles. The number of likely N-dealkylation sites (tertiary alicyclic amines) is 1. The summed E-state index contributed by atoms with van der Waals surface area (Å²) < 4.78 is 94.9. The zero-order valence-electron chi connectivity index (χ0n) is 59.1. The number of β-amino-alcohol motifs (C(OH)–C–C–N with tert-alkyl or cyclic N) is 1. The van der Waals surface area contributed by atoms with Crippen molar-refractivity contribution in [2.45, 2.75) is 189 Å². The van der Waals surface area contributed by atoms with Gasteiger partial charge in [-0.05, 0) is 140 Å². The first-order valence-electron chi connectivity index (χ1n) is 33.5. The van der Waals surface area contributed by atoms with E-state index in [2.05, 4.69) is 16.0 Å². The monoisotopic (exact) mass is 1410 g/mol. The number of nitrogens with zero attached hydrogens (tertiary/aromatic N) is 2. The Morgan fingerprint density at radius 2 is 1.33 bits per heavy atom. The van der Waals surface area contributed by atoms with Crippen molar-refractivity contribution in [3.05, 3.63) is 106 Å². The molecule has 6 N–H and O–H groups in total. The van der Waals surface area contributed by atoms with Gasteiger partial charge in [0.05, 0.1) is 81.0 Å². The fourth-order valence-corrected chi connectivity index (χ4v) is 12.4. The molecule has 3 aliphatic heterocycles. The van der Waals surface area contributed by atoms with E-state index in [1.807, 2.05) is 70.2 Å². The summed E-state index contributed by atoms with van der Waals surface area (Å²) in [5, 5.41) is 18.7. The number of nitrogens with one attached hydrogen (secondary N) is 3. The van der Waals surface area contributed by atoms with Crippen molar-refractivity contribution in [2.75, 3.05) is 77.9 Å². The van der Waals surface area contributed by atoms with Crippen LogP contribution in [-0.2, 0) is 117 Å². The Morgan fingerprint density at radius 1 is 0.768 bits per heavy atom. The molecule has 3 aliphatic rings. The van der Waals surface area contributed by atoms with Crippen LogP contribution in [0.1, 0.15) is 149 Å². The Kier molecular flexibility index (Phi) is 29.8. The van der Waals surface area contributed by atoms with Crippen LogP contribution in [0.3, 0.4) is 0 Å². The summed E-state index contributed by atoms with van der Waals surface area (Å²) in [6.07, 6.45) is 2.85. The first kappa shape index (κ1) is 80.9. The van der Waals surface area contributed by atoms with Crippen LogP contribution in [0.5, 0.6) is 0 Å². The number of hydrogen-bond donors (Lipinski definition) is 5. The van der Waals surface area contributed by atoms with Gasteiger partial charge in [-0.25, -0.2) is 0 Å². The molecule has 99 heavy (non-hydrogen) atoms. The van der Waals surface area contributed by atoms with Crippen LogP contribution in [0.4, 0.5) is 14.5 Å². The van der Waals surface area contributed by atoms with Crippen LogP contribution >= 0.6 is 7.60 Å². The average Bonchev–Trinajstić information content (AvgIpc) is 1.66. The summed E-state index contributed by atoms with van der Waals surface area (Å²) in [7, 11) is -5.61. The van der Waals surface area contributed by atoms with Crippen LogP contribution in [0.15, 0.2) is 72.8 Å². The molecule has 6 rings (SSSR count). The standard InChI is InChI=1S/C71H101F2N6O19P/c1-45(50-22-25-53(26-23-50)71(72,73)99(89,97-43-95-66(87)69(7,8)9)98-44-96-67(88)70(10,11)12)37-59(82)75-56-27-24-51-16-13-17-52-39-57(79(61(51)52)64(56)85)63(84)76-55(28-29-58(74)81)47(3)94-41-49-20-18-48(19-21-49)15-14-30-90-31-32-91-33-34-92-35-36-93-42-60(83)77-62(68(4,5)6)65(86)78-40-54(80)38-46(78)2/h13,16-23,25-26,37,46-47,54-57,62,80H,14-15,24,27-36,38-44H2,1-12H3,(H2,74,81)(H,75,82)(H,76,84)(H,77,83)/b45-37+/t46-,47-,54-,55+,56+,57+,62-/m1/s1. The summed E-state index contributed by atoms with van der Waals surface area (Å²) in [6.45, 7) is 20.2. The predicted molar refractivity (Wildman–Crippen MR) is 362 cm³/mol. The summed E-state index contributed by atoms with van der Waals surface area (Å²) in [6, 6.07) is 14.1. The number of ether oxygens (including phenoxy) is 7. The third kappa shape index (κ3) is 23.8. The highest BCUT2D eigenvalue weighted by atomic mass is 31.2. The van der Waals surface area contributed by atoms with Gasteiger partial charge < -0.3 is 64.8 Å². The summed E-state index contributed by atoms with van der Waals surface area (Å²) in [5.74, 6) is -4.60. The highest BCUT2D eigenvalue weighted by Crippen LogP contribution is 2.67. The number of anilines is 1. The number of carbonyl (C=O) groups is 8. The van der Waals surface area contributed by atoms with E-state index in [4.69, 9.17) is 47.9 Å². The number of carbonyl (C=O) groups excluding carboxylic acids is 8. The Morgan fingerprint density at radius 3 is 1.89 bits per heavy atom. The molecule has 0 unspecified atom stereocenters. The zero-order valence-corrected chi connectivity index (χ0v) is 60.0. The third-order valence-electron chi connectivity index (χ3n) is 16.9. The SMILES string of the molecule is C/C(=C\C(=O)N[C@H]1CCc2cccc3c2N(C1=O)[C@H](C(=O)N[C@@H](CCC(N)=O)[C@@H](C)OCc1ccc(CCCOCCOCCOCCOCC(=O)N[C@H](C(=O)N2C[C@H](O)C[C@H]2C)C(C)(C)C)cc1)C3)c1ccc(C(F)(F)P(=O)(OCOC(=O)C(C)(C)C)OCOC(=O)C(C)(C)C)cc1. The number of halogens is 2. The molecule has 1 fully saturated rings. The van der Waals surface area contributed by atoms with Crippen LogP contribution < -0.4 is 26.6 Å². The minimum atomic E-state index is -5.61. The van der Waals surface area contributed by atoms with Gasteiger partial charge in [0.2, 0.25) is 49.0 Å². The van der Waals surface area contributed by atoms with Gasteiger partial charge >= 0.3 is 25.2 Å². The minimum absolute atomic E-state index is 0.0583. The second kappa shape index (κ2) is 36.5. The molecule has 0 bridgehead atoms. The first-order chi connectivity index (χ1) is 46.5. The van der Waals surface area contributed by atoms with Gasteiger partial charge in [0, 0.05) is 43.7 Å². The lowest BCUT2D eigenvalue weighted by Gasteiger charge is -2.35. The molecule has 3 aromatic carbocycles. The highest BCUT2D eigenvalue weighted by molar-refractivity contribution is 7.54. The molecular weight excluding hydrogens is 1310 g/mol. The lowest BCUT2D eigenvalue weighted by Crippen LogP contribution is -2.56. The number of aryl methyl sites for hydroxylation is 2. The van der Waals surface area contributed by atoms with E-state index in [0.29, 0.717) is 62.7 Å². The Bertz CT molecular complexity index is 3300. The number of aliphatic hydroxyl groups is 1. The number of hydrogen-bond acceptors (Lipinski definition) is 19. The Hall–Kier alpha value is -7.07. The Balaban J connectivity index is 0.937. The normalized spacial score (nSPS) is 18.4.